The maximum atomic E-state index is 2.48. The summed E-state index contributed by atoms with van der Waals surface area (Å²) >= 11 is 0. The van der Waals surface area contributed by atoms with Crippen LogP contribution in [-0.2, 0) is 5.41 Å². The molecule has 0 aliphatic heterocycles. The molecule has 0 fully saturated rings. The smallest absolute Gasteiger partial charge is 0.0169 e. The van der Waals surface area contributed by atoms with Gasteiger partial charge in [-0.05, 0) is 87.0 Å². The van der Waals surface area contributed by atoms with Gasteiger partial charge >= 0.3 is 0 Å². The van der Waals surface area contributed by atoms with Gasteiger partial charge in [0.25, 0.3) is 0 Å². The lowest BCUT2D eigenvalue weighted by molar-refractivity contribution is 0.375. The molecule has 1 aliphatic carbocycles. The Morgan fingerprint density at radius 1 is 0.611 bits per heavy atom. The maximum Gasteiger partial charge on any atom is 0.0169 e. The molecule has 36 heavy (non-hydrogen) atoms. The van der Waals surface area contributed by atoms with E-state index in [0.717, 1.165) is 0 Å². The third-order valence-corrected chi connectivity index (χ3v) is 8.65. The first-order chi connectivity index (χ1) is 17.4. The monoisotopic (exact) mass is 466 g/mol. The third-order valence-electron chi connectivity index (χ3n) is 8.65. The van der Waals surface area contributed by atoms with Gasteiger partial charge in [0.15, 0.2) is 0 Å². The van der Waals surface area contributed by atoms with Gasteiger partial charge in [-0.3, -0.25) is 0 Å². The van der Waals surface area contributed by atoms with E-state index in [1.165, 1.54) is 60.8 Å². The largest absolute Gasteiger partial charge is 0.0620 e. The average molecular weight is 467 g/mol. The molecule has 2 unspecified atom stereocenters. The second kappa shape index (κ2) is 8.49. The van der Waals surface area contributed by atoms with Crippen molar-refractivity contribution in [3.63, 3.8) is 0 Å². The first-order valence-corrected chi connectivity index (χ1v) is 13.1. The molecule has 2 bridgehead atoms. The highest BCUT2D eigenvalue weighted by molar-refractivity contribution is 5.99. The van der Waals surface area contributed by atoms with Gasteiger partial charge in [-0.1, -0.05) is 117 Å². The van der Waals surface area contributed by atoms with Crippen LogP contribution >= 0.6 is 0 Å². The molecular weight excluding hydrogens is 432 g/mol. The molecule has 0 radical (unpaired) electrons. The Bertz CT molecular complexity index is 1580. The van der Waals surface area contributed by atoms with Crippen molar-refractivity contribution in [1.29, 1.82) is 0 Å². The summed E-state index contributed by atoms with van der Waals surface area (Å²) in [6.45, 7) is 11.8. The summed E-state index contributed by atoms with van der Waals surface area (Å²) in [5.74, 6) is 0.524. The molecule has 0 aromatic heterocycles. The summed E-state index contributed by atoms with van der Waals surface area (Å²) in [6, 6.07) is 38.8. The fourth-order valence-corrected chi connectivity index (χ4v) is 6.92. The van der Waals surface area contributed by atoms with Crippen LogP contribution < -0.4 is 0 Å². The molecule has 0 saturated heterocycles. The van der Waals surface area contributed by atoms with E-state index in [1.807, 2.05) is 0 Å². The van der Waals surface area contributed by atoms with Crippen molar-refractivity contribution >= 4 is 10.8 Å². The Balaban J connectivity index is 1.78. The van der Waals surface area contributed by atoms with Crippen LogP contribution in [-0.4, -0.2) is 0 Å². The van der Waals surface area contributed by atoms with E-state index in [9.17, 15) is 0 Å². The van der Waals surface area contributed by atoms with Gasteiger partial charge < -0.3 is 0 Å². The highest BCUT2D eigenvalue weighted by Gasteiger charge is 2.43. The molecule has 0 heteroatoms. The Hall–Kier alpha value is -3.64. The number of hydrogen-bond donors (Lipinski definition) is 0. The first-order valence-electron chi connectivity index (χ1n) is 13.1. The minimum atomic E-state index is -0.118. The van der Waals surface area contributed by atoms with E-state index >= 15 is 0 Å². The normalized spacial score (nSPS) is 18.4. The van der Waals surface area contributed by atoms with E-state index in [-0.39, 0.29) is 17.3 Å². The number of benzene rings is 5. The molecule has 0 heterocycles. The lowest BCUT2D eigenvalue weighted by Gasteiger charge is -2.45. The fourth-order valence-electron chi connectivity index (χ4n) is 6.92. The second-order valence-electron chi connectivity index (χ2n) is 11.2. The highest BCUT2D eigenvalue weighted by Crippen LogP contribution is 2.56. The van der Waals surface area contributed by atoms with E-state index in [4.69, 9.17) is 0 Å². The first kappa shape index (κ1) is 22.8. The van der Waals surface area contributed by atoms with E-state index in [1.54, 1.807) is 0 Å². The van der Waals surface area contributed by atoms with Crippen molar-refractivity contribution in [3.05, 3.63) is 142 Å². The van der Waals surface area contributed by atoms with Gasteiger partial charge in [-0.2, -0.15) is 0 Å². The van der Waals surface area contributed by atoms with Crippen LogP contribution in [0.5, 0.6) is 0 Å². The molecule has 0 saturated carbocycles. The molecule has 2 atom stereocenters. The van der Waals surface area contributed by atoms with Gasteiger partial charge in [0, 0.05) is 11.8 Å². The second-order valence-corrected chi connectivity index (χ2v) is 11.2. The van der Waals surface area contributed by atoms with E-state index in [0.29, 0.717) is 0 Å². The van der Waals surface area contributed by atoms with Crippen molar-refractivity contribution in [1.82, 2.24) is 0 Å². The lowest BCUT2D eigenvalue weighted by Crippen LogP contribution is -2.35. The van der Waals surface area contributed by atoms with Gasteiger partial charge in [0.2, 0.25) is 0 Å². The number of hydrogen-bond acceptors (Lipinski definition) is 0. The Morgan fingerprint density at radius 3 is 2.06 bits per heavy atom. The summed E-state index contributed by atoms with van der Waals surface area (Å²) in [4.78, 5) is 0. The number of fused-ring (bicyclic) bond motifs is 6. The fraction of sp³-hybridized carbons (Fsp3) is 0.222. The van der Waals surface area contributed by atoms with Crippen molar-refractivity contribution in [2.24, 2.45) is 0 Å². The minimum absolute atomic E-state index is 0.118. The zero-order valence-electron chi connectivity index (χ0n) is 22.0. The highest BCUT2D eigenvalue weighted by atomic mass is 14.5. The van der Waals surface area contributed by atoms with Gasteiger partial charge in [-0.25, -0.2) is 0 Å². The molecule has 0 N–H and O–H groups in total. The zero-order chi connectivity index (χ0) is 25.0. The minimum Gasteiger partial charge on any atom is -0.0620 e. The van der Waals surface area contributed by atoms with E-state index in [2.05, 4.69) is 138 Å². The Morgan fingerprint density at radius 2 is 1.28 bits per heavy atom. The Kier molecular flexibility index (Phi) is 5.38. The summed E-state index contributed by atoms with van der Waals surface area (Å²) < 4.78 is 0. The van der Waals surface area contributed by atoms with Crippen LogP contribution in [0.15, 0.2) is 103 Å². The summed E-state index contributed by atoms with van der Waals surface area (Å²) in [7, 11) is 0. The average Bonchev–Trinajstić information content (AvgIpc) is 2.87. The summed E-state index contributed by atoms with van der Waals surface area (Å²) in [5.41, 5.74) is 12.5. The molecule has 1 aliphatic rings. The van der Waals surface area contributed by atoms with Crippen molar-refractivity contribution in [3.8, 4) is 11.1 Å². The lowest BCUT2D eigenvalue weighted by atomic mass is 9.58. The summed E-state index contributed by atoms with van der Waals surface area (Å²) in [5, 5.41) is 2.65. The van der Waals surface area contributed by atoms with Gasteiger partial charge in [0.05, 0.1) is 0 Å². The summed E-state index contributed by atoms with van der Waals surface area (Å²) in [6.07, 6.45) is 0. The van der Waals surface area contributed by atoms with Crippen LogP contribution in [0, 0.1) is 20.8 Å². The molecule has 0 nitrogen and oxygen atoms in total. The molecule has 0 spiro atoms. The molecule has 5 aromatic carbocycles. The van der Waals surface area contributed by atoms with Crippen molar-refractivity contribution in [2.75, 3.05) is 0 Å². The van der Waals surface area contributed by atoms with Crippen molar-refractivity contribution in [2.45, 2.75) is 51.9 Å². The van der Waals surface area contributed by atoms with Crippen LogP contribution in [0.25, 0.3) is 21.9 Å². The number of rotatable bonds is 2. The van der Waals surface area contributed by atoms with Crippen LogP contribution in [0.3, 0.4) is 0 Å². The zero-order valence-corrected chi connectivity index (χ0v) is 22.0. The van der Waals surface area contributed by atoms with Crippen molar-refractivity contribution < 1.29 is 0 Å². The molecular formula is C36H34. The maximum absolute atomic E-state index is 2.48. The van der Waals surface area contributed by atoms with Crippen LogP contribution in [0.2, 0.25) is 0 Å². The quantitative estimate of drug-likeness (QED) is 0.243. The standard InChI is InChI=1S/C36H34/c1-23-12-6-8-18-29(23)34-28-17-11-16-27(22-28)33-30-19-9-7-15-26(30)20-21-31(33)36(4,5)35(34)32-24(2)13-10-14-25(32)3/h6-22,34-35H,1-5H3. The van der Waals surface area contributed by atoms with Gasteiger partial charge in [0.1, 0.15) is 0 Å². The molecule has 178 valence electrons. The Labute approximate surface area is 215 Å². The molecule has 0 amide bonds. The topological polar surface area (TPSA) is 0 Å². The predicted molar refractivity (Wildman–Crippen MR) is 154 cm³/mol. The molecule has 6 rings (SSSR count). The van der Waals surface area contributed by atoms with Crippen LogP contribution in [0.4, 0.5) is 0 Å². The SMILES string of the molecule is Cc1ccccc1C1c2cccc(c2)-c2c(ccc3ccccc23)C(C)(C)C1c1c(C)cccc1C. The third kappa shape index (κ3) is 3.43. The number of aryl methyl sites for hydroxylation is 3. The molecule has 5 aromatic rings. The van der Waals surface area contributed by atoms with Crippen LogP contribution in [0.1, 0.15) is 64.6 Å². The predicted octanol–water partition coefficient (Wildman–Crippen LogP) is 9.64. The van der Waals surface area contributed by atoms with E-state index < -0.39 is 0 Å². The van der Waals surface area contributed by atoms with Gasteiger partial charge in [-0.15, -0.1) is 0 Å².